The number of methoxy groups -OCH3 is 1. The summed E-state index contributed by atoms with van der Waals surface area (Å²) < 4.78 is 14.2. The Hall–Kier alpha value is -2.88. The standard InChI is InChI=1S/C29H43N7O2/c1-5-6-7-11-31-27-26-24(32-28(30)33-27)10-12-35(26)17-23-9-8-22(15-25(23)37-4)16-34-18-29(19-34)20-36(21(2)3)13-14-38-29/h8-10,12,15,21H,5-7,11,13-14,16-20H2,1-4H3,(H3,30,31,32,33). The average Bonchev–Trinajstić information content (AvgIpc) is 3.28. The van der Waals surface area contributed by atoms with Gasteiger partial charge in [-0.25, -0.2) is 4.98 Å². The van der Waals surface area contributed by atoms with E-state index in [1.165, 1.54) is 18.4 Å². The van der Waals surface area contributed by atoms with Crippen LogP contribution in [-0.4, -0.2) is 82.4 Å². The molecular formula is C29H43N7O2. The summed E-state index contributed by atoms with van der Waals surface area (Å²) in [5.74, 6) is 1.98. The Morgan fingerprint density at radius 2 is 1.97 bits per heavy atom. The minimum absolute atomic E-state index is 0.00419. The van der Waals surface area contributed by atoms with Gasteiger partial charge in [-0.15, -0.1) is 0 Å². The molecule has 0 atom stereocenters. The van der Waals surface area contributed by atoms with Crippen molar-refractivity contribution in [2.45, 2.75) is 64.8 Å². The van der Waals surface area contributed by atoms with Crippen LogP contribution in [0.2, 0.25) is 0 Å². The second-order valence-electron chi connectivity index (χ2n) is 11.1. The zero-order valence-electron chi connectivity index (χ0n) is 23.4. The van der Waals surface area contributed by atoms with Crippen LogP contribution < -0.4 is 15.8 Å². The van der Waals surface area contributed by atoms with Crippen molar-refractivity contribution >= 4 is 22.8 Å². The van der Waals surface area contributed by atoms with Gasteiger partial charge < -0.3 is 25.1 Å². The second-order valence-corrected chi connectivity index (χ2v) is 11.1. The first kappa shape index (κ1) is 26.7. The SMILES string of the molecule is CCCCCNc1nc(N)nc2ccn(Cc3ccc(CN4CC5(C4)CN(C(C)C)CCO5)cc3OC)c12. The number of aromatic nitrogens is 3. The third kappa shape index (κ3) is 5.75. The molecular weight excluding hydrogens is 478 g/mol. The molecule has 1 aromatic carbocycles. The maximum atomic E-state index is 6.23. The van der Waals surface area contributed by atoms with Gasteiger partial charge in [0.1, 0.15) is 16.9 Å². The quantitative estimate of drug-likeness (QED) is 0.366. The van der Waals surface area contributed by atoms with E-state index in [0.29, 0.717) is 18.5 Å². The number of nitrogens with zero attached hydrogens (tertiary/aromatic N) is 5. The minimum Gasteiger partial charge on any atom is -0.496 e. The van der Waals surface area contributed by atoms with E-state index in [1.807, 2.05) is 12.3 Å². The van der Waals surface area contributed by atoms with Crippen molar-refractivity contribution in [3.05, 3.63) is 41.6 Å². The zero-order chi connectivity index (χ0) is 26.7. The van der Waals surface area contributed by atoms with Crippen molar-refractivity contribution in [2.75, 3.05) is 57.5 Å². The third-order valence-electron chi connectivity index (χ3n) is 7.83. The number of nitrogens with two attached hydrogens (primary N) is 1. The molecule has 0 amide bonds. The van der Waals surface area contributed by atoms with Crippen molar-refractivity contribution in [3.8, 4) is 5.75 Å². The topological polar surface area (TPSA) is 93.7 Å². The Labute approximate surface area is 226 Å². The van der Waals surface area contributed by atoms with Gasteiger partial charge in [-0.3, -0.25) is 9.80 Å². The van der Waals surface area contributed by atoms with Gasteiger partial charge in [0.05, 0.1) is 25.8 Å². The molecule has 0 unspecified atom stereocenters. The van der Waals surface area contributed by atoms with E-state index in [9.17, 15) is 0 Å². The number of anilines is 2. The molecule has 0 saturated carbocycles. The molecule has 0 bridgehead atoms. The molecule has 2 aliphatic rings. The van der Waals surface area contributed by atoms with Crippen LogP contribution in [0.15, 0.2) is 30.5 Å². The summed E-state index contributed by atoms with van der Waals surface area (Å²) in [7, 11) is 1.75. The van der Waals surface area contributed by atoms with E-state index in [0.717, 1.165) is 80.5 Å². The fraction of sp³-hybridized carbons (Fsp3) is 0.586. The molecule has 4 heterocycles. The Bertz CT molecular complexity index is 1240. The molecule has 0 radical (unpaired) electrons. The predicted octanol–water partition coefficient (Wildman–Crippen LogP) is 3.97. The second kappa shape index (κ2) is 11.5. The third-order valence-corrected chi connectivity index (χ3v) is 7.83. The van der Waals surface area contributed by atoms with E-state index in [2.05, 4.69) is 68.6 Å². The van der Waals surface area contributed by atoms with E-state index in [1.54, 1.807) is 7.11 Å². The monoisotopic (exact) mass is 521 g/mol. The Morgan fingerprint density at radius 1 is 1.13 bits per heavy atom. The number of nitrogens with one attached hydrogen (secondary N) is 1. The van der Waals surface area contributed by atoms with E-state index < -0.39 is 0 Å². The smallest absolute Gasteiger partial charge is 0.222 e. The highest BCUT2D eigenvalue weighted by Crippen LogP contribution is 2.32. The summed E-state index contributed by atoms with van der Waals surface area (Å²) in [4.78, 5) is 14.0. The Balaban J connectivity index is 1.27. The summed E-state index contributed by atoms with van der Waals surface area (Å²) in [6.07, 6.45) is 5.51. The van der Waals surface area contributed by atoms with Crippen molar-refractivity contribution in [3.63, 3.8) is 0 Å². The molecule has 5 rings (SSSR count). The van der Waals surface area contributed by atoms with Gasteiger partial charge in [0.15, 0.2) is 5.82 Å². The molecule has 0 aliphatic carbocycles. The molecule has 3 aromatic rings. The average molecular weight is 522 g/mol. The lowest BCUT2D eigenvalue weighted by Gasteiger charge is -2.54. The number of ether oxygens (including phenoxy) is 2. The van der Waals surface area contributed by atoms with Crippen LogP contribution in [0.5, 0.6) is 5.75 Å². The molecule has 38 heavy (non-hydrogen) atoms. The van der Waals surface area contributed by atoms with Gasteiger partial charge in [0.2, 0.25) is 5.95 Å². The van der Waals surface area contributed by atoms with Crippen LogP contribution in [0.4, 0.5) is 11.8 Å². The minimum atomic E-state index is -0.00419. The molecule has 2 fully saturated rings. The predicted molar refractivity (Wildman–Crippen MR) is 153 cm³/mol. The summed E-state index contributed by atoms with van der Waals surface area (Å²) in [6, 6.07) is 9.14. The number of rotatable bonds is 11. The number of fused-ring (bicyclic) bond motifs is 1. The van der Waals surface area contributed by atoms with E-state index in [-0.39, 0.29) is 5.60 Å². The maximum absolute atomic E-state index is 6.23. The highest BCUT2D eigenvalue weighted by atomic mass is 16.5. The van der Waals surface area contributed by atoms with E-state index in [4.69, 9.17) is 15.2 Å². The van der Waals surface area contributed by atoms with Gasteiger partial charge in [-0.05, 0) is 38.0 Å². The van der Waals surface area contributed by atoms with Gasteiger partial charge >= 0.3 is 0 Å². The van der Waals surface area contributed by atoms with Gasteiger partial charge in [0, 0.05) is 57.1 Å². The number of hydrogen-bond acceptors (Lipinski definition) is 8. The molecule has 2 aliphatic heterocycles. The van der Waals surface area contributed by atoms with Crippen LogP contribution in [0.1, 0.15) is 51.2 Å². The molecule has 1 spiro atoms. The molecule has 9 nitrogen and oxygen atoms in total. The largest absolute Gasteiger partial charge is 0.496 e. The van der Waals surface area contributed by atoms with Crippen LogP contribution in [0, 0.1) is 0 Å². The number of unbranched alkanes of at least 4 members (excludes halogenated alkanes) is 2. The summed E-state index contributed by atoms with van der Waals surface area (Å²) >= 11 is 0. The van der Waals surface area contributed by atoms with Crippen LogP contribution in [-0.2, 0) is 17.8 Å². The number of likely N-dealkylation sites (tertiary alicyclic amines) is 1. The highest BCUT2D eigenvalue weighted by Gasteiger charge is 2.47. The van der Waals surface area contributed by atoms with E-state index >= 15 is 0 Å². The number of morpholine rings is 1. The fourth-order valence-corrected chi connectivity index (χ4v) is 5.81. The number of hydrogen-bond donors (Lipinski definition) is 2. The summed E-state index contributed by atoms with van der Waals surface area (Å²) in [5.41, 5.74) is 10.2. The first-order valence-corrected chi connectivity index (χ1v) is 14.0. The molecule has 206 valence electrons. The Kier molecular flexibility index (Phi) is 8.07. The first-order chi connectivity index (χ1) is 18.4. The number of benzene rings is 1. The zero-order valence-corrected chi connectivity index (χ0v) is 23.4. The molecule has 9 heteroatoms. The molecule has 2 saturated heterocycles. The Morgan fingerprint density at radius 3 is 2.74 bits per heavy atom. The van der Waals surface area contributed by atoms with Crippen molar-refractivity contribution < 1.29 is 9.47 Å². The normalized spacial score (nSPS) is 17.8. The molecule has 2 aromatic heterocycles. The van der Waals surface area contributed by atoms with Crippen molar-refractivity contribution in [1.29, 1.82) is 0 Å². The fourth-order valence-electron chi connectivity index (χ4n) is 5.81. The molecule has 3 N–H and O–H groups in total. The first-order valence-electron chi connectivity index (χ1n) is 14.0. The lowest BCUT2D eigenvalue weighted by atomic mass is 9.90. The van der Waals surface area contributed by atoms with Crippen molar-refractivity contribution in [1.82, 2.24) is 24.3 Å². The van der Waals surface area contributed by atoms with Crippen molar-refractivity contribution in [2.24, 2.45) is 0 Å². The van der Waals surface area contributed by atoms with Gasteiger partial charge in [-0.2, -0.15) is 4.98 Å². The van der Waals surface area contributed by atoms with Gasteiger partial charge in [-0.1, -0.05) is 31.9 Å². The summed E-state index contributed by atoms with van der Waals surface area (Å²) in [5, 5.41) is 3.48. The number of nitrogen functional groups attached to an aromatic ring is 1. The van der Waals surface area contributed by atoms with Crippen LogP contribution in [0.25, 0.3) is 11.0 Å². The highest BCUT2D eigenvalue weighted by molar-refractivity contribution is 5.87. The summed E-state index contributed by atoms with van der Waals surface area (Å²) in [6.45, 7) is 14.0. The van der Waals surface area contributed by atoms with Gasteiger partial charge in [0.25, 0.3) is 0 Å². The van der Waals surface area contributed by atoms with Crippen LogP contribution in [0.3, 0.4) is 0 Å². The maximum Gasteiger partial charge on any atom is 0.222 e. The van der Waals surface area contributed by atoms with Crippen LogP contribution >= 0.6 is 0 Å². The lowest BCUT2D eigenvalue weighted by molar-refractivity contribution is -0.189. The lowest BCUT2D eigenvalue weighted by Crippen LogP contribution is -2.70.